The molecule has 140 valence electrons. The number of aliphatic carboxylic acids is 1. The first-order valence-electron chi connectivity index (χ1n) is 7.77. The summed E-state index contributed by atoms with van der Waals surface area (Å²) in [7, 11) is -2.16. The first kappa shape index (κ1) is 21.0. The lowest BCUT2D eigenvalue weighted by atomic mass is 9.88. The summed E-state index contributed by atoms with van der Waals surface area (Å²) in [6, 6.07) is 2.82. The second-order valence-corrected chi connectivity index (χ2v) is 9.11. The highest BCUT2D eigenvalue weighted by Crippen LogP contribution is 2.24. The van der Waals surface area contributed by atoms with Gasteiger partial charge in [-0.05, 0) is 36.5 Å². The van der Waals surface area contributed by atoms with Crippen LogP contribution in [-0.2, 0) is 14.6 Å². The van der Waals surface area contributed by atoms with Crippen molar-refractivity contribution in [3.05, 3.63) is 23.8 Å². The average molecular weight is 371 g/mol. The van der Waals surface area contributed by atoms with Gasteiger partial charge in [0, 0.05) is 6.26 Å². The Morgan fingerprint density at radius 3 is 2.32 bits per heavy atom. The summed E-state index contributed by atoms with van der Waals surface area (Å²) < 4.78 is 28.5. The van der Waals surface area contributed by atoms with Crippen LogP contribution < -0.4 is 10.1 Å². The van der Waals surface area contributed by atoms with Crippen molar-refractivity contribution >= 4 is 21.7 Å². The normalized spacial score (nSPS) is 13.2. The Kier molecular flexibility index (Phi) is 6.59. The van der Waals surface area contributed by atoms with E-state index in [0.29, 0.717) is 6.42 Å². The molecular weight excluding hydrogens is 346 g/mol. The number of carboxylic acid groups (broad SMARTS) is 1. The number of carboxylic acids is 1. The van der Waals surface area contributed by atoms with E-state index in [0.717, 1.165) is 6.26 Å². The van der Waals surface area contributed by atoms with Gasteiger partial charge in [0.2, 0.25) is 0 Å². The van der Waals surface area contributed by atoms with Gasteiger partial charge in [0.15, 0.2) is 9.84 Å². The standard InChI is InChI=1S/C17H25NO6S/c1-17(2,3)9-8-13(16(20)21)18-15(19)12-10-11(25(5,22)23)6-7-14(12)24-4/h6-7,10,13H,8-9H2,1-5H3,(H,18,19)(H,20,21). The zero-order chi connectivity index (χ0) is 19.4. The van der Waals surface area contributed by atoms with Crippen LogP contribution in [0.3, 0.4) is 0 Å². The van der Waals surface area contributed by atoms with Crippen molar-refractivity contribution in [1.29, 1.82) is 0 Å². The van der Waals surface area contributed by atoms with Crippen LogP contribution in [0.2, 0.25) is 0 Å². The first-order chi connectivity index (χ1) is 11.3. The topological polar surface area (TPSA) is 110 Å². The fraction of sp³-hybridized carbons (Fsp3) is 0.529. The van der Waals surface area contributed by atoms with E-state index in [2.05, 4.69) is 5.32 Å². The number of methoxy groups -OCH3 is 1. The number of sulfone groups is 1. The van der Waals surface area contributed by atoms with E-state index in [1.54, 1.807) is 0 Å². The predicted molar refractivity (Wildman–Crippen MR) is 93.7 cm³/mol. The largest absolute Gasteiger partial charge is 0.496 e. The van der Waals surface area contributed by atoms with Gasteiger partial charge in [-0.15, -0.1) is 0 Å². The predicted octanol–water partition coefficient (Wildman–Crippen LogP) is 2.11. The maximum atomic E-state index is 12.5. The number of carbonyl (C=O) groups is 2. The molecule has 0 saturated heterocycles. The molecule has 7 nitrogen and oxygen atoms in total. The SMILES string of the molecule is COc1ccc(S(C)(=O)=O)cc1C(=O)NC(CCC(C)(C)C)C(=O)O. The highest BCUT2D eigenvalue weighted by molar-refractivity contribution is 7.90. The Balaban J connectivity index is 3.09. The maximum Gasteiger partial charge on any atom is 0.326 e. The molecule has 0 radical (unpaired) electrons. The molecule has 0 aromatic heterocycles. The Hall–Kier alpha value is -2.09. The molecule has 0 saturated carbocycles. The molecule has 1 rings (SSSR count). The van der Waals surface area contributed by atoms with Gasteiger partial charge < -0.3 is 15.2 Å². The van der Waals surface area contributed by atoms with Gasteiger partial charge in [0.05, 0.1) is 17.6 Å². The highest BCUT2D eigenvalue weighted by Gasteiger charge is 2.25. The van der Waals surface area contributed by atoms with E-state index in [4.69, 9.17) is 4.74 Å². The third-order valence-corrected chi connectivity index (χ3v) is 4.74. The molecule has 0 heterocycles. The number of ether oxygens (including phenoxy) is 1. The molecule has 0 spiro atoms. The quantitative estimate of drug-likeness (QED) is 0.760. The van der Waals surface area contributed by atoms with Crippen LogP contribution in [0.5, 0.6) is 5.75 Å². The molecule has 1 aromatic rings. The van der Waals surface area contributed by atoms with Crippen molar-refractivity contribution in [2.24, 2.45) is 5.41 Å². The number of nitrogens with one attached hydrogen (secondary N) is 1. The van der Waals surface area contributed by atoms with Crippen molar-refractivity contribution in [1.82, 2.24) is 5.32 Å². The Morgan fingerprint density at radius 1 is 1.28 bits per heavy atom. The lowest BCUT2D eigenvalue weighted by molar-refractivity contribution is -0.139. The molecule has 0 bridgehead atoms. The van der Waals surface area contributed by atoms with Gasteiger partial charge in [-0.1, -0.05) is 20.8 Å². The zero-order valence-corrected chi connectivity index (χ0v) is 15.9. The summed E-state index contributed by atoms with van der Waals surface area (Å²) in [4.78, 5) is 23.9. The van der Waals surface area contributed by atoms with Crippen molar-refractivity contribution in [3.63, 3.8) is 0 Å². The Bertz CT molecular complexity index is 749. The third kappa shape index (κ3) is 6.38. The van der Waals surface area contributed by atoms with E-state index in [1.165, 1.54) is 25.3 Å². The van der Waals surface area contributed by atoms with Gasteiger partial charge in [0.1, 0.15) is 11.8 Å². The number of rotatable bonds is 7. The number of carbonyl (C=O) groups excluding carboxylic acids is 1. The Labute approximate surface area is 148 Å². The minimum Gasteiger partial charge on any atom is -0.496 e. The number of amides is 1. The summed E-state index contributed by atoms with van der Waals surface area (Å²) in [6.07, 6.45) is 1.89. The summed E-state index contributed by atoms with van der Waals surface area (Å²) in [5.41, 5.74) is -0.0980. The molecule has 0 aliphatic heterocycles. The minimum absolute atomic E-state index is 0.0209. The fourth-order valence-corrected chi connectivity index (χ4v) is 2.81. The van der Waals surface area contributed by atoms with Crippen LogP contribution >= 0.6 is 0 Å². The van der Waals surface area contributed by atoms with E-state index < -0.39 is 27.8 Å². The van der Waals surface area contributed by atoms with Crippen LogP contribution in [0.25, 0.3) is 0 Å². The molecule has 25 heavy (non-hydrogen) atoms. The van der Waals surface area contributed by atoms with E-state index >= 15 is 0 Å². The van der Waals surface area contributed by atoms with Gasteiger partial charge in [-0.3, -0.25) is 4.79 Å². The zero-order valence-electron chi connectivity index (χ0n) is 15.1. The van der Waals surface area contributed by atoms with Gasteiger partial charge in [0.25, 0.3) is 5.91 Å². The molecule has 1 amide bonds. The van der Waals surface area contributed by atoms with Gasteiger partial charge in [-0.25, -0.2) is 13.2 Å². The van der Waals surface area contributed by atoms with Crippen LogP contribution in [0.1, 0.15) is 44.0 Å². The van der Waals surface area contributed by atoms with E-state index in [9.17, 15) is 23.1 Å². The maximum absolute atomic E-state index is 12.5. The monoisotopic (exact) mass is 371 g/mol. The molecule has 0 aliphatic carbocycles. The number of benzene rings is 1. The van der Waals surface area contributed by atoms with Crippen molar-refractivity contribution in [2.75, 3.05) is 13.4 Å². The molecular formula is C17H25NO6S. The molecule has 2 N–H and O–H groups in total. The summed E-state index contributed by atoms with van der Waals surface area (Å²) in [5.74, 6) is -1.66. The van der Waals surface area contributed by atoms with Crippen LogP contribution in [0.4, 0.5) is 0 Å². The summed E-state index contributed by atoms with van der Waals surface area (Å²) in [5, 5.41) is 11.8. The van der Waals surface area contributed by atoms with E-state index in [1.807, 2.05) is 20.8 Å². The molecule has 1 atom stereocenters. The number of hydrogen-bond donors (Lipinski definition) is 2. The van der Waals surface area contributed by atoms with Crippen molar-refractivity contribution in [2.45, 2.75) is 44.6 Å². The third-order valence-electron chi connectivity index (χ3n) is 3.63. The summed E-state index contributed by atoms with van der Waals surface area (Å²) in [6.45, 7) is 5.94. The molecule has 1 aromatic carbocycles. The molecule has 8 heteroatoms. The van der Waals surface area contributed by atoms with Gasteiger partial charge >= 0.3 is 5.97 Å². The van der Waals surface area contributed by atoms with Crippen LogP contribution in [0.15, 0.2) is 23.1 Å². The first-order valence-corrected chi connectivity index (χ1v) is 9.66. The minimum atomic E-state index is -3.51. The Morgan fingerprint density at radius 2 is 1.88 bits per heavy atom. The number of hydrogen-bond acceptors (Lipinski definition) is 5. The second-order valence-electron chi connectivity index (χ2n) is 7.10. The smallest absolute Gasteiger partial charge is 0.326 e. The van der Waals surface area contributed by atoms with E-state index in [-0.39, 0.29) is 28.0 Å². The van der Waals surface area contributed by atoms with Gasteiger partial charge in [-0.2, -0.15) is 0 Å². The molecule has 1 unspecified atom stereocenters. The summed E-state index contributed by atoms with van der Waals surface area (Å²) >= 11 is 0. The lowest BCUT2D eigenvalue weighted by Crippen LogP contribution is -2.41. The van der Waals surface area contributed by atoms with Crippen LogP contribution in [0, 0.1) is 5.41 Å². The second kappa shape index (κ2) is 7.86. The van der Waals surface area contributed by atoms with Crippen LogP contribution in [-0.4, -0.2) is 44.8 Å². The van der Waals surface area contributed by atoms with Crippen molar-refractivity contribution in [3.8, 4) is 5.75 Å². The van der Waals surface area contributed by atoms with Crippen molar-refractivity contribution < 1.29 is 27.9 Å². The highest BCUT2D eigenvalue weighted by atomic mass is 32.2. The molecule has 0 fully saturated rings. The lowest BCUT2D eigenvalue weighted by Gasteiger charge is -2.22. The fourth-order valence-electron chi connectivity index (χ4n) is 2.17. The molecule has 0 aliphatic rings. The average Bonchev–Trinajstić information content (AvgIpc) is 2.48.